The van der Waals surface area contributed by atoms with Crippen LogP contribution in [0.3, 0.4) is 0 Å². The monoisotopic (exact) mass is 345 g/mol. The van der Waals surface area contributed by atoms with Gasteiger partial charge in [0.1, 0.15) is 0 Å². The number of aryl methyl sites for hydroxylation is 1. The summed E-state index contributed by atoms with van der Waals surface area (Å²) in [4.78, 5) is 28.4. The van der Waals surface area contributed by atoms with Crippen LogP contribution in [-0.2, 0) is 9.59 Å². The number of nitrogens with one attached hydrogen (secondary N) is 2. The molecule has 0 bridgehead atoms. The van der Waals surface area contributed by atoms with Crippen molar-refractivity contribution >= 4 is 44.2 Å². The van der Waals surface area contributed by atoms with Crippen LogP contribution in [0.25, 0.3) is 10.2 Å². The van der Waals surface area contributed by atoms with Gasteiger partial charge in [0.05, 0.1) is 10.2 Å². The van der Waals surface area contributed by atoms with Gasteiger partial charge in [0.25, 0.3) is 0 Å². The Morgan fingerprint density at radius 1 is 1.21 bits per heavy atom. The highest BCUT2D eigenvalue weighted by molar-refractivity contribution is 7.22. The molecule has 1 fully saturated rings. The van der Waals surface area contributed by atoms with Crippen molar-refractivity contribution in [3.8, 4) is 0 Å². The number of fused-ring (bicyclic) bond motifs is 1. The lowest BCUT2D eigenvalue weighted by atomic mass is 9.88. The summed E-state index contributed by atoms with van der Waals surface area (Å²) in [7, 11) is 0. The zero-order valence-electron chi connectivity index (χ0n) is 14.1. The Kier molecular flexibility index (Phi) is 5.14. The van der Waals surface area contributed by atoms with Gasteiger partial charge in [-0.3, -0.25) is 9.59 Å². The smallest absolute Gasteiger partial charge is 0.227 e. The van der Waals surface area contributed by atoms with Gasteiger partial charge in [0.15, 0.2) is 5.13 Å². The summed E-state index contributed by atoms with van der Waals surface area (Å²) in [5.41, 5.74) is 2.69. The Morgan fingerprint density at radius 2 is 1.96 bits per heavy atom. The second-order valence-corrected chi connectivity index (χ2v) is 7.42. The van der Waals surface area contributed by atoms with Crippen LogP contribution in [0.2, 0.25) is 0 Å². The molecule has 128 valence electrons. The first-order chi connectivity index (χ1) is 11.6. The van der Waals surface area contributed by atoms with Gasteiger partial charge in [0.2, 0.25) is 11.8 Å². The molecule has 1 heterocycles. The van der Waals surface area contributed by atoms with E-state index >= 15 is 0 Å². The van der Waals surface area contributed by atoms with E-state index in [0.29, 0.717) is 11.6 Å². The van der Waals surface area contributed by atoms with Crippen LogP contribution in [0.1, 0.15) is 51.0 Å². The van der Waals surface area contributed by atoms with Gasteiger partial charge in [0, 0.05) is 18.0 Å². The quantitative estimate of drug-likeness (QED) is 0.858. The van der Waals surface area contributed by atoms with E-state index in [1.54, 1.807) is 0 Å². The second-order valence-electron chi connectivity index (χ2n) is 6.38. The van der Waals surface area contributed by atoms with E-state index in [4.69, 9.17) is 0 Å². The zero-order chi connectivity index (χ0) is 17.1. The number of thiazole rings is 1. The predicted molar refractivity (Wildman–Crippen MR) is 98.5 cm³/mol. The summed E-state index contributed by atoms with van der Waals surface area (Å²) in [5, 5.41) is 6.47. The highest BCUT2D eigenvalue weighted by Crippen LogP contribution is 2.32. The van der Waals surface area contributed by atoms with Crippen molar-refractivity contribution in [2.75, 3.05) is 10.6 Å². The van der Waals surface area contributed by atoms with Crippen molar-refractivity contribution in [3.63, 3.8) is 0 Å². The molecular weight excluding hydrogens is 322 g/mol. The summed E-state index contributed by atoms with van der Waals surface area (Å²) >= 11 is 1.44. The lowest BCUT2D eigenvalue weighted by Crippen LogP contribution is -2.24. The Labute approximate surface area is 145 Å². The molecule has 6 heteroatoms. The van der Waals surface area contributed by atoms with Gasteiger partial charge in [-0.1, -0.05) is 37.5 Å². The highest BCUT2D eigenvalue weighted by atomic mass is 32.1. The van der Waals surface area contributed by atoms with Gasteiger partial charge in [-0.05, 0) is 37.5 Å². The third-order valence-corrected chi connectivity index (χ3v) is 5.41. The van der Waals surface area contributed by atoms with Crippen molar-refractivity contribution < 1.29 is 9.59 Å². The van der Waals surface area contributed by atoms with Gasteiger partial charge >= 0.3 is 0 Å². The molecule has 0 saturated heterocycles. The van der Waals surface area contributed by atoms with Crippen LogP contribution < -0.4 is 10.6 Å². The van der Waals surface area contributed by atoms with Crippen LogP contribution in [0.4, 0.5) is 10.8 Å². The molecule has 2 N–H and O–H groups in total. The summed E-state index contributed by atoms with van der Waals surface area (Å²) in [6.07, 6.45) is 5.93. The number of nitrogens with zero attached hydrogens (tertiary/aromatic N) is 1. The standard InChI is InChI=1S/C18H23N3O2S/c1-3-15(22)20-18-21-16-11(2)9-13(10-14(16)24-18)19-17(23)12-7-5-4-6-8-12/h9-10,12H,3-8H2,1-2H3,(H,19,23)(H,20,21,22). The maximum atomic E-state index is 12.4. The maximum absolute atomic E-state index is 12.4. The van der Waals surface area contributed by atoms with Crippen molar-refractivity contribution in [3.05, 3.63) is 17.7 Å². The number of anilines is 2. The van der Waals surface area contributed by atoms with Gasteiger partial charge in [-0.2, -0.15) is 0 Å². The molecule has 0 spiro atoms. The Balaban J connectivity index is 1.79. The first-order valence-corrected chi connectivity index (χ1v) is 9.40. The van der Waals surface area contributed by atoms with Gasteiger partial charge in [-0.25, -0.2) is 4.98 Å². The molecule has 3 rings (SSSR count). The van der Waals surface area contributed by atoms with Crippen molar-refractivity contribution in [2.24, 2.45) is 5.92 Å². The second kappa shape index (κ2) is 7.30. The summed E-state index contributed by atoms with van der Waals surface area (Å²) in [6, 6.07) is 3.90. The van der Waals surface area contributed by atoms with Gasteiger partial charge in [-0.15, -0.1) is 0 Å². The molecule has 5 nitrogen and oxygen atoms in total. The fourth-order valence-corrected chi connectivity index (χ4v) is 4.14. The Bertz CT molecular complexity index is 763. The molecule has 24 heavy (non-hydrogen) atoms. The largest absolute Gasteiger partial charge is 0.326 e. The summed E-state index contributed by atoms with van der Waals surface area (Å²) in [5.74, 6) is 0.214. The van der Waals surface area contributed by atoms with Crippen LogP contribution in [0, 0.1) is 12.8 Å². The third kappa shape index (κ3) is 3.75. The molecule has 1 aliphatic rings. The number of amides is 2. The predicted octanol–water partition coefficient (Wildman–Crippen LogP) is 4.47. The third-order valence-electron chi connectivity index (χ3n) is 4.50. The SMILES string of the molecule is CCC(=O)Nc1nc2c(C)cc(NC(=O)C3CCCCC3)cc2s1. The molecule has 1 aromatic heterocycles. The zero-order valence-corrected chi connectivity index (χ0v) is 15.0. The van der Waals surface area contributed by atoms with E-state index in [-0.39, 0.29) is 17.7 Å². The summed E-state index contributed by atoms with van der Waals surface area (Å²) in [6.45, 7) is 3.79. The molecule has 0 atom stereocenters. The first-order valence-electron chi connectivity index (χ1n) is 8.58. The minimum absolute atomic E-state index is 0.0440. The average molecular weight is 345 g/mol. The lowest BCUT2D eigenvalue weighted by Gasteiger charge is -2.20. The van der Waals surface area contributed by atoms with E-state index < -0.39 is 0 Å². The fourth-order valence-electron chi connectivity index (χ4n) is 3.14. The molecule has 1 aromatic carbocycles. The molecule has 1 saturated carbocycles. The van der Waals surface area contributed by atoms with E-state index in [2.05, 4.69) is 15.6 Å². The van der Waals surface area contributed by atoms with E-state index in [1.165, 1.54) is 17.8 Å². The molecule has 0 unspecified atom stereocenters. The molecule has 0 aliphatic heterocycles. The number of benzene rings is 1. The minimum Gasteiger partial charge on any atom is -0.326 e. The summed E-state index contributed by atoms with van der Waals surface area (Å²) < 4.78 is 0.973. The number of rotatable bonds is 4. The van der Waals surface area contributed by atoms with E-state index in [0.717, 1.165) is 47.2 Å². The number of carbonyl (C=O) groups is 2. The molecular formula is C18H23N3O2S. The minimum atomic E-state index is -0.0440. The van der Waals surface area contributed by atoms with Crippen LogP contribution in [0.5, 0.6) is 0 Å². The number of hydrogen-bond acceptors (Lipinski definition) is 4. The van der Waals surface area contributed by atoms with Crippen molar-refractivity contribution in [1.29, 1.82) is 0 Å². The topological polar surface area (TPSA) is 71.1 Å². The first kappa shape index (κ1) is 16.9. The maximum Gasteiger partial charge on any atom is 0.227 e. The Hall–Kier alpha value is -1.95. The molecule has 2 amide bonds. The van der Waals surface area contributed by atoms with E-state index in [1.807, 2.05) is 26.0 Å². The van der Waals surface area contributed by atoms with Crippen molar-refractivity contribution in [2.45, 2.75) is 52.4 Å². The number of carbonyl (C=O) groups excluding carboxylic acids is 2. The molecule has 2 aromatic rings. The fraction of sp³-hybridized carbons (Fsp3) is 0.500. The highest BCUT2D eigenvalue weighted by Gasteiger charge is 2.21. The van der Waals surface area contributed by atoms with E-state index in [9.17, 15) is 9.59 Å². The van der Waals surface area contributed by atoms with Crippen molar-refractivity contribution in [1.82, 2.24) is 4.98 Å². The van der Waals surface area contributed by atoms with Crippen LogP contribution in [0.15, 0.2) is 12.1 Å². The van der Waals surface area contributed by atoms with Crippen LogP contribution in [-0.4, -0.2) is 16.8 Å². The number of aromatic nitrogens is 1. The van der Waals surface area contributed by atoms with Gasteiger partial charge < -0.3 is 10.6 Å². The lowest BCUT2D eigenvalue weighted by molar-refractivity contribution is -0.120. The normalized spacial score (nSPS) is 15.4. The average Bonchev–Trinajstić information content (AvgIpc) is 2.98. The molecule has 1 aliphatic carbocycles. The van der Waals surface area contributed by atoms with Crippen LogP contribution >= 0.6 is 11.3 Å². The molecule has 0 radical (unpaired) electrons. The number of hydrogen-bond donors (Lipinski definition) is 2. The Morgan fingerprint density at radius 3 is 2.67 bits per heavy atom.